The molecule has 0 aromatic heterocycles. The zero-order chi connectivity index (χ0) is 75.1. The molecule has 6 aliphatic rings. The van der Waals surface area contributed by atoms with Crippen molar-refractivity contribution in [2.75, 3.05) is 96.0 Å². The number of Topliss-reactive ketones (excluding diaryl/α,β-unsaturated/α-hetero) is 1. The molecule has 10 N–H and O–H groups in total. The monoisotopic (exact) mass is 1460 g/mol. The molecule has 28 nitrogen and oxygen atoms in total. The zero-order valence-electron chi connectivity index (χ0n) is 60.7. The van der Waals surface area contributed by atoms with Gasteiger partial charge in [0.1, 0.15) is 38.6 Å². The number of carbonyl (C=O) groups excluding carboxylic acids is 10. The van der Waals surface area contributed by atoms with Crippen molar-refractivity contribution in [2.24, 2.45) is 40.2 Å². The summed E-state index contributed by atoms with van der Waals surface area (Å²) in [7, 11) is 0. The van der Waals surface area contributed by atoms with E-state index in [4.69, 9.17) is 43.6 Å². The number of rotatable bonds is 39. The van der Waals surface area contributed by atoms with Crippen molar-refractivity contribution < 1.29 is 90.9 Å². The quantitative estimate of drug-likeness (QED) is 0.0240. The summed E-state index contributed by atoms with van der Waals surface area (Å²) in [5, 5.41) is 30.5. The van der Waals surface area contributed by atoms with Gasteiger partial charge in [-0.25, -0.2) is 9.59 Å². The van der Waals surface area contributed by atoms with Gasteiger partial charge in [-0.05, 0) is 115 Å². The van der Waals surface area contributed by atoms with Crippen molar-refractivity contribution in [1.29, 1.82) is 0 Å². The summed E-state index contributed by atoms with van der Waals surface area (Å²) in [5.41, 5.74) is 8.26. The first-order valence-electron chi connectivity index (χ1n) is 36.5. The van der Waals surface area contributed by atoms with Gasteiger partial charge >= 0.3 is 12.1 Å². The second kappa shape index (κ2) is 38.5. The summed E-state index contributed by atoms with van der Waals surface area (Å²) in [6, 6.07) is 19.1. The third-order valence-electron chi connectivity index (χ3n) is 20.8. The topological polar surface area (TPSA) is 378 Å². The number of anilines is 2. The third kappa shape index (κ3) is 21.1. The summed E-state index contributed by atoms with van der Waals surface area (Å²) in [4.78, 5) is 132. The molecule has 570 valence electrons. The van der Waals surface area contributed by atoms with Crippen molar-refractivity contribution in [1.82, 2.24) is 31.9 Å². The minimum absolute atomic E-state index is 0.0163. The smallest absolute Gasteiger partial charge is 0.407 e. The number of fused-ring (bicyclic) bond motifs is 9. The van der Waals surface area contributed by atoms with Gasteiger partial charge in [0.25, 0.3) is 0 Å². The molecule has 4 aliphatic carbocycles. The largest absolute Gasteiger partial charge is 0.445 e. The molecule has 4 fully saturated rings. The molecule has 2 aliphatic heterocycles. The zero-order valence-corrected chi connectivity index (χ0v) is 60.7. The molecular formula is C77H103N9O19. The van der Waals surface area contributed by atoms with Crippen molar-refractivity contribution in [3.05, 3.63) is 119 Å². The summed E-state index contributed by atoms with van der Waals surface area (Å²) >= 11 is 0. The van der Waals surface area contributed by atoms with E-state index in [1.807, 2.05) is 74.5 Å². The number of aliphatic hydroxyl groups is 1. The lowest BCUT2D eigenvalue weighted by Gasteiger charge is -2.59. The number of nitrogens with one attached hydrogen (secondary N) is 7. The molecule has 0 spiro atoms. The first-order valence-corrected chi connectivity index (χ1v) is 36.5. The molecule has 2 heterocycles. The number of ether oxygens (including phenoxy) is 8. The second-order valence-corrected chi connectivity index (χ2v) is 28.2. The fraction of sp³-hybridized carbons (Fsp3) is 0.558. The van der Waals surface area contributed by atoms with Crippen LogP contribution in [0.4, 0.5) is 21.0 Å². The molecule has 9 amide bonds. The molecule has 0 bridgehead atoms. The van der Waals surface area contributed by atoms with Crippen LogP contribution in [0.2, 0.25) is 0 Å². The Labute approximate surface area is 612 Å². The summed E-state index contributed by atoms with van der Waals surface area (Å²) in [5.74, 6) is -3.55. The number of benzene rings is 3. The van der Waals surface area contributed by atoms with Crippen LogP contribution in [0.25, 0.3) is 12.2 Å². The third-order valence-corrected chi connectivity index (χ3v) is 20.8. The number of para-hydroxylation sites is 1. The van der Waals surface area contributed by atoms with Gasteiger partial charge < -0.3 is 90.9 Å². The molecule has 3 saturated carbocycles. The highest BCUT2D eigenvalue weighted by atomic mass is 16.7. The lowest BCUT2D eigenvalue weighted by Crippen LogP contribution is -2.63. The van der Waals surface area contributed by atoms with Crippen LogP contribution in [-0.4, -0.2) is 186 Å². The second-order valence-electron chi connectivity index (χ2n) is 28.2. The number of hydrogen-bond acceptors (Lipinski definition) is 19. The Morgan fingerprint density at radius 3 is 2.15 bits per heavy atom. The molecule has 28 heteroatoms. The van der Waals surface area contributed by atoms with E-state index in [9.17, 15) is 53.1 Å². The number of urea groups is 1. The fourth-order valence-electron chi connectivity index (χ4n) is 15.6. The standard InChI is InChI=1S/C77H103N9O19/c1-6-12-68-104-63-42-58-57-25-22-54-41-56(87)28-30-75(54,4)69(57)61(88)43-76(58,5)77(63,105-68)62(89)47-102-48-82-66(92)44-81-74(97)103-46-50-18-23-55(24-19-50)83-71(94)59(16-11-31-80-73(78)96)84-72(95)70(49(2)3)85-65(91)29-33-98-35-37-100-39-40-101-38-36-99-34-32-79-64(90)26-27-67(93)86-45-53-15-8-7-13-51(53)20-21-52-14-9-10-17-60(52)86/h7-10,13-15,17-21,23-24,28,30,41,49,57-59,61,63,68-70,88H,6,11-12,16,22,25-27,29,31-40,42-48H2,1-5H3,(H,79,90)(H,81,97)(H,82,92)(H,83,94)(H,84,95)(H,85,91)(H3,78,80,96)/b21-20-/t57-,58-,59-,61-,63+,68?,69+,70-,75-,76-,77+/m0/s1. The minimum atomic E-state index is -1.39. The Bertz CT molecular complexity index is 3640. The van der Waals surface area contributed by atoms with E-state index in [1.165, 1.54) is 0 Å². The van der Waals surface area contributed by atoms with E-state index < -0.39 is 95.9 Å². The van der Waals surface area contributed by atoms with Crippen molar-refractivity contribution in [3.8, 4) is 0 Å². The molecule has 1 unspecified atom stereocenters. The molecule has 3 aromatic rings. The van der Waals surface area contributed by atoms with Gasteiger partial charge in [-0.2, -0.15) is 0 Å². The Balaban J connectivity index is 0.611. The lowest BCUT2D eigenvalue weighted by molar-refractivity contribution is -0.201. The number of nitrogens with zero attached hydrogens (tertiary/aromatic N) is 1. The van der Waals surface area contributed by atoms with E-state index in [0.29, 0.717) is 63.3 Å². The van der Waals surface area contributed by atoms with E-state index in [1.54, 1.807) is 55.2 Å². The summed E-state index contributed by atoms with van der Waals surface area (Å²) < 4.78 is 46.6. The number of ketones is 2. The van der Waals surface area contributed by atoms with E-state index in [-0.39, 0.29) is 139 Å². The first kappa shape index (κ1) is 80.4. The average molecular weight is 1460 g/mol. The molecule has 0 radical (unpaired) electrons. The van der Waals surface area contributed by atoms with Gasteiger partial charge in [0.2, 0.25) is 35.4 Å². The highest BCUT2D eigenvalue weighted by Gasteiger charge is 2.76. The highest BCUT2D eigenvalue weighted by Crippen LogP contribution is 2.70. The Kier molecular flexibility index (Phi) is 29.5. The van der Waals surface area contributed by atoms with Crippen LogP contribution < -0.4 is 47.9 Å². The number of amides is 9. The van der Waals surface area contributed by atoms with Gasteiger partial charge in [0.05, 0.1) is 77.3 Å². The van der Waals surface area contributed by atoms with Crippen LogP contribution in [0.3, 0.4) is 0 Å². The van der Waals surface area contributed by atoms with Crippen molar-refractivity contribution >= 4 is 82.7 Å². The highest BCUT2D eigenvalue weighted by molar-refractivity contribution is 6.02. The van der Waals surface area contributed by atoms with Gasteiger partial charge in [-0.3, -0.25) is 38.4 Å². The predicted molar refractivity (Wildman–Crippen MR) is 387 cm³/mol. The normalized spacial score (nSPS) is 24.1. The van der Waals surface area contributed by atoms with Gasteiger partial charge in [-0.1, -0.05) is 119 Å². The average Bonchev–Trinajstić information content (AvgIpc) is 1.50. The van der Waals surface area contributed by atoms with Gasteiger partial charge in [0, 0.05) is 54.8 Å². The van der Waals surface area contributed by atoms with E-state index in [2.05, 4.69) is 50.2 Å². The number of nitrogens with two attached hydrogens (primary N) is 1. The maximum Gasteiger partial charge on any atom is 0.407 e. The van der Waals surface area contributed by atoms with Crippen LogP contribution in [-0.2, 0) is 89.4 Å². The van der Waals surface area contributed by atoms with Crippen LogP contribution in [0, 0.1) is 34.5 Å². The molecule has 3 aromatic carbocycles. The first-order chi connectivity index (χ1) is 50.5. The number of hydrogen-bond donors (Lipinski definition) is 9. The van der Waals surface area contributed by atoms with Crippen LogP contribution >= 0.6 is 0 Å². The number of primary amides is 1. The van der Waals surface area contributed by atoms with E-state index >= 15 is 0 Å². The Morgan fingerprint density at radius 1 is 0.733 bits per heavy atom. The summed E-state index contributed by atoms with van der Waals surface area (Å²) in [6.07, 6.45) is 10.5. The maximum atomic E-state index is 14.6. The molecule has 105 heavy (non-hydrogen) atoms. The number of carbonyl (C=O) groups is 10. The maximum absolute atomic E-state index is 14.6. The van der Waals surface area contributed by atoms with E-state index in [0.717, 1.165) is 40.8 Å². The van der Waals surface area contributed by atoms with Gasteiger partial charge in [0.15, 0.2) is 23.5 Å². The van der Waals surface area contributed by atoms with Crippen molar-refractivity contribution in [2.45, 2.75) is 155 Å². The van der Waals surface area contributed by atoms with Crippen molar-refractivity contribution in [3.63, 3.8) is 0 Å². The van der Waals surface area contributed by atoms with Crippen LogP contribution in [0.5, 0.6) is 0 Å². The predicted octanol–water partition coefficient (Wildman–Crippen LogP) is 5.82. The lowest BCUT2D eigenvalue weighted by atomic mass is 9.46. The molecular weight excluding hydrogens is 1350 g/mol. The Hall–Kier alpha value is -8.74. The molecule has 11 atom stereocenters. The SMILES string of the molecule is CCCC1O[C@@H]2C[C@H]3[C@@H]4CCC5=CC(=O)C=C[C@]5(C)[C@H]4[C@@H](O)C[C@]3(C)[C@]2(C(=O)COCNC(=O)CNC(=O)OCc2ccc(NC(=O)[C@H](CCCNC(N)=O)NC(=O)[C@@H](NC(=O)CCOCCOCCOCCOCCNC(=O)CCC(=O)N3Cc4ccccc4/C=C\c4ccccc43)C(C)C)cc2)O1. The van der Waals surface area contributed by atoms with Crippen LogP contribution in [0.15, 0.2) is 96.6 Å². The van der Waals surface area contributed by atoms with Gasteiger partial charge in [-0.15, -0.1) is 0 Å². The fourth-order valence-corrected chi connectivity index (χ4v) is 15.6. The Morgan fingerprint density at radius 2 is 1.43 bits per heavy atom. The molecule has 1 saturated heterocycles. The minimum Gasteiger partial charge on any atom is -0.445 e. The summed E-state index contributed by atoms with van der Waals surface area (Å²) in [6.45, 7) is 10.9. The molecule has 9 rings (SSSR count). The number of aliphatic hydroxyl groups excluding tert-OH is 1. The number of alkyl carbamates (subject to hydrolysis) is 1. The van der Waals surface area contributed by atoms with Crippen LogP contribution in [0.1, 0.15) is 128 Å². The number of allylic oxidation sites excluding steroid dienone is 4.